The van der Waals surface area contributed by atoms with Crippen LogP contribution in [0.5, 0.6) is 0 Å². The molecule has 1 aromatic rings. The molecule has 0 aliphatic heterocycles. The molecule has 0 heterocycles. The highest BCUT2D eigenvalue weighted by atomic mass is 19.1. The fourth-order valence-electron chi connectivity index (χ4n) is 1.21. The number of amides is 2. The molecule has 1 aromatic carbocycles. The summed E-state index contributed by atoms with van der Waals surface area (Å²) in [5.41, 5.74) is -1.25. The van der Waals surface area contributed by atoms with E-state index >= 15 is 0 Å². The molecule has 8 heteroatoms. The SMILES string of the molecule is CC(=O)NCC(=O)Nc1cc(C(=O)O)c(F)cc1F. The molecule has 0 aromatic heterocycles. The summed E-state index contributed by atoms with van der Waals surface area (Å²) < 4.78 is 26.4. The van der Waals surface area contributed by atoms with Crippen LogP contribution in [0.25, 0.3) is 0 Å². The van der Waals surface area contributed by atoms with Crippen LogP contribution in [-0.2, 0) is 9.59 Å². The van der Waals surface area contributed by atoms with E-state index in [1.54, 1.807) is 0 Å². The summed E-state index contributed by atoms with van der Waals surface area (Å²) in [7, 11) is 0. The van der Waals surface area contributed by atoms with E-state index in [0.29, 0.717) is 12.1 Å². The summed E-state index contributed by atoms with van der Waals surface area (Å²) in [6, 6.07) is 1.02. The molecule has 0 bridgehead atoms. The summed E-state index contributed by atoms with van der Waals surface area (Å²) in [6.45, 7) is 0.781. The lowest BCUT2D eigenvalue weighted by Gasteiger charge is -2.08. The average molecular weight is 272 g/mol. The molecule has 0 aliphatic carbocycles. The molecule has 0 radical (unpaired) electrons. The van der Waals surface area contributed by atoms with Gasteiger partial charge in [0, 0.05) is 13.0 Å². The molecule has 0 fully saturated rings. The largest absolute Gasteiger partial charge is 0.478 e. The molecule has 0 atom stereocenters. The van der Waals surface area contributed by atoms with Crippen LogP contribution >= 0.6 is 0 Å². The number of benzene rings is 1. The van der Waals surface area contributed by atoms with E-state index in [-0.39, 0.29) is 0 Å². The van der Waals surface area contributed by atoms with Gasteiger partial charge in [-0.05, 0) is 6.07 Å². The maximum atomic E-state index is 13.3. The number of halogens is 2. The maximum absolute atomic E-state index is 13.3. The van der Waals surface area contributed by atoms with Crippen LogP contribution in [0.4, 0.5) is 14.5 Å². The first-order chi connectivity index (χ1) is 8.81. The van der Waals surface area contributed by atoms with Crippen LogP contribution in [0.3, 0.4) is 0 Å². The van der Waals surface area contributed by atoms with Crippen molar-refractivity contribution in [3.8, 4) is 0 Å². The summed E-state index contributed by atoms with van der Waals surface area (Å²) in [4.78, 5) is 32.5. The van der Waals surface area contributed by atoms with Crippen LogP contribution in [0, 0.1) is 11.6 Å². The zero-order chi connectivity index (χ0) is 14.6. The minimum Gasteiger partial charge on any atom is -0.478 e. The number of carboxylic acid groups (broad SMARTS) is 1. The van der Waals surface area contributed by atoms with Gasteiger partial charge >= 0.3 is 5.97 Å². The summed E-state index contributed by atoms with van der Waals surface area (Å²) in [5, 5.41) is 12.9. The molecule has 102 valence electrons. The third-order valence-electron chi connectivity index (χ3n) is 2.06. The molecule has 0 saturated heterocycles. The molecule has 3 N–H and O–H groups in total. The minimum atomic E-state index is -1.59. The Kier molecular flexibility index (Phi) is 4.51. The molecule has 0 unspecified atom stereocenters. The lowest BCUT2D eigenvalue weighted by molar-refractivity contribution is -0.122. The van der Waals surface area contributed by atoms with Gasteiger partial charge in [0.15, 0.2) is 0 Å². The van der Waals surface area contributed by atoms with Gasteiger partial charge in [-0.1, -0.05) is 0 Å². The number of nitrogens with one attached hydrogen (secondary N) is 2. The Balaban J connectivity index is 2.89. The molecular weight excluding hydrogens is 262 g/mol. The van der Waals surface area contributed by atoms with Crippen molar-refractivity contribution in [2.45, 2.75) is 6.92 Å². The number of rotatable bonds is 4. The van der Waals surface area contributed by atoms with Crippen molar-refractivity contribution in [1.82, 2.24) is 5.32 Å². The van der Waals surface area contributed by atoms with Gasteiger partial charge in [0.05, 0.1) is 17.8 Å². The number of carbonyl (C=O) groups is 3. The Bertz CT molecular complexity index is 546. The van der Waals surface area contributed by atoms with Gasteiger partial charge in [0.25, 0.3) is 0 Å². The van der Waals surface area contributed by atoms with Gasteiger partial charge in [-0.15, -0.1) is 0 Å². The van der Waals surface area contributed by atoms with Crippen LogP contribution in [0.15, 0.2) is 12.1 Å². The number of aromatic carboxylic acids is 1. The van der Waals surface area contributed by atoms with E-state index in [2.05, 4.69) is 5.32 Å². The van der Waals surface area contributed by atoms with Crippen molar-refractivity contribution in [3.05, 3.63) is 29.3 Å². The summed E-state index contributed by atoms with van der Waals surface area (Å²) >= 11 is 0. The Morgan fingerprint density at radius 3 is 2.37 bits per heavy atom. The van der Waals surface area contributed by atoms with Gasteiger partial charge in [-0.3, -0.25) is 9.59 Å². The minimum absolute atomic E-state index is 0.359. The summed E-state index contributed by atoms with van der Waals surface area (Å²) in [6.07, 6.45) is 0. The third kappa shape index (κ3) is 4.02. The maximum Gasteiger partial charge on any atom is 0.338 e. The number of carboxylic acids is 1. The van der Waals surface area contributed by atoms with E-state index in [1.807, 2.05) is 5.32 Å². The lowest BCUT2D eigenvalue weighted by Crippen LogP contribution is -2.31. The smallest absolute Gasteiger partial charge is 0.338 e. The van der Waals surface area contributed by atoms with Crippen molar-refractivity contribution >= 4 is 23.5 Å². The summed E-state index contributed by atoms with van der Waals surface area (Å²) in [5.74, 6) is -5.17. The van der Waals surface area contributed by atoms with Crippen molar-refractivity contribution in [2.24, 2.45) is 0 Å². The first-order valence-electron chi connectivity index (χ1n) is 5.08. The highest BCUT2D eigenvalue weighted by molar-refractivity contribution is 5.96. The first-order valence-corrected chi connectivity index (χ1v) is 5.08. The molecule has 0 spiro atoms. The van der Waals surface area contributed by atoms with Crippen LogP contribution in [0.2, 0.25) is 0 Å². The molecular formula is C11H10F2N2O4. The van der Waals surface area contributed by atoms with Gasteiger partial charge in [0.2, 0.25) is 11.8 Å². The fraction of sp³-hybridized carbons (Fsp3) is 0.182. The predicted molar refractivity (Wildman–Crippen MR) is 60.6 cm³/mol. The molecule has 0 saturated carbocycles. The van der Waals surface area contributed by atoms with E-state index in [0.717, 1.165) is 0 Å². The molecule has 6 nitrogen and oxygen atoms in total. The topological polar surface area (TPSA) is 95.5 Å². The van der Waals surface area contributed by atoms with Crippen LogP contribution in [-0.4, -0.2) is 29.4 Å². The van der Waals surface area contributed by atoms with Crippen molar-refractivity contribution < 1.29 is 28.3 Å². The Morgan fingerprint density at radius 2 is 1.84 bits per heavy atom. The standard InChI is InChI=1S/C11H10F2N2O4/c1-5(16)14-4-10(17)15-9-2-6(11(18)19)7(12)3-8(9)13/h2-3H,4H2,1H3,(H,14,16)(H,15,17)(H,18,19). The number of hydrogen-bond acceptors (Lipinski definition) is 3. The number of carbonyl (C=O) groups excluding carboxylic acids is 2. The second kappa shape index (κ2) is 5.89. The second-order valence-electron chi connectivity index (χ2n) is 3.57. The van der Waals surface area contributed by atoms with Crippen molar-refractivity contribution in [2.75, 3.05) is 11.9 Å². The van der Waals surface area contributed by atoms with Crippen LogP contribution < -0.4 is 10.6 Å². The van der Waals surface area contributed by atoms with E-state index in [4.69, 9.17) is 5.11 Å². The zero-order valence-corrected chi connectivity index (χ0v) is 9.79. The predicted octanol–water partition coefficient (Wildman–Crippen LogP) is 0.738. The average Bonchev–Trinajstić information content (AvgIpc) is 2.29. The normalized spacial score (nSPS) is 9.84. The number of anilines is 1. The lowest BCUT2D eigenvalue weighted by atomic mass is 10.2. The third-order valence-corrected chi connectivity index (χ3v) is 2.06. The van der Waals surface area contributed by atoms with Gasteiger partial charge < -0.3 is 15.7 Å². The van der Waals surface area contributed by atoms with Crippen molar-refractivity contribution in [1.29, 1.82) is 0 Å². The molecule has 0 aliphatic rings. The zero-order valence-electron chi connectivity index (χ0n) is 9.79. The van der Waals surface area contributed by atoms with Gasteiger partial charge in [-0.25, -0.2) is 13.6 Å². The Labute approximate surface area is 106 Å². The van der Waals surface area contributed by atoms with Gasteiger partial charge in [-0.2, -0.15) is 0 Å². The Morgan fingerprint density at radius 1 is 1.21 bits per heavy atom. The quantitative estimate of drug-likeness (QED) is 0.753. The fourth-order valence-corrected chi connectivity index (χ4v) is 1.21. The van der Waals surface area contributed by atoms with E-state index in [1.165, 1.54) is 6.92 Å². The van der Waals surface area contributed by atoms with E-state index < -0.39 is 47.2 Å². The van der Waals surface area contributed by atoms with Gasteiger partial charge in [0.1, 0.15) is 11.6 Å². The van der Waals surface area contributed by atoms with Crippen LogP contribution in [0.1, 0.15) is 17.3 Å². The first kappa shape index (κ1) is 14.6. The molecule has 1 rings (SSSR count). The van der Waals surface area contributed by atoms with E-state index in [9.17, 15) is 23.2 Å². The highest BCUT2D eigenvalue weighted by Crippen LogP contribution is 2.19. The monoisotopic (exact) mass is 272 g/mol. The molecule has 2 amide bonds. The Hall–Kier alpha value is -2.51. The second-order valence-corrected chi connectivity index (χ2v) is 3.57. The molecule has 19 heavy (non-hydrogen) atoms. The van der Waals surface area contributed by atoms with Crippen molar-refractivity contribution in [3.63, 3.8) is 0 Å². The highest BCUT2D eigenvalue weighted by Gasteiger charge is 2.16. The number of hydrogen-bond donors (Lipinski definition) is 3.